The Morgan fingerprint density at radius 1 is 1.03 bits per heavy atom. The highest BCUT2D eigenvalue weighted by molar-refractivity contribution is 7.89. The van der Waals surface area contributed by atoms with E-state index < -0.39 is 16.1 Å². The van der Waals surface area contributed by atoms with Crippen LogP contribution in [0.1, 0.15) is 37.8 Å². The monoisotopic (exact) mass is 485 g/mol. The Balaban J connectivity index is 1.57. The summed E-state index contributed by atoms with van der Waals surface area (Å²) in [6.07, 6.45) is 1.72. The van der Waals surface area contributed by atoms with Gasteiger partial charge in [-0.05, 0) is 56.0 Å². The summed E-state index contributed by atoms with van der Waals surface area (Å²) in [4.78, 5) is 23.8. The van der Waals surface area contributed by atoms with Crippen molar-refractivity contribution in [3.8, 4) is 0 Å². The van der Waals surface area contributed by atoms with E-state index in [-0.39, 0.29) is 42.1 Å². The molecule has 0 aromatic heterocycles. The van der Waals surface area contributed by atoms with Gasteiger partial charge in [0.05, 0.1) is 4.90 Å². The van der Waals surface area contributed by atoms with Gasteiger partial charge in [-0.2, -0.15) is 4.31 Å². The number of carbonyl (C=O) groups excluding carboxylic acids is 2. The van der Waals surface area contributed by atoms with Crippen LogP contribution in [-0.4, -0.2) is 42.8 Å². The number of nitrogens with one attached hydrogen (secondary N) is 2. The molecular formula is C25H31N3O5S. The average Bonchev–Trinajstić information content (AvgIpc) is 2.81. The molecule has 3 rings (SSSR count). The van der Waals surface area contributed by atoms with Crippen molar-refractivity contribution in [1.82, 2.24) is 14.9 Å². The molecule has 1 heterocycles. The SMILES string of the molecule is C=CC(=O)NC1CC(C)N(S(=O)(=O)c2ccc(CNC(=O)OCc3ccccc3)cc2)C(C)C1. The third-order valence-corrected chi connectivity index (χ3v) is 7.94. The first-order chi connectivity index (χ1) is 16.2. The largest absolute Gasteiger partial charge is 0.445 e. The fourth-order valence-corrected chi connectivity index (χ4v) is 6.11. The molecule has 1 fully saturated rings. The Kier molecular flexibility index (Phi) is 8.46. The van der Waals surface area contributed by atoms with E-state index in [4.69, 9.17) is 4.74 Å². The molecule has 0 radical (unpaired) electrons. The molecule has 9 heteroatoms. The molecule has 1 saturated heterocycles. The van der Waals surface area contributed by atoms with Gasteiger partial charge in [0.15, 0.2) is 0 Å². The van der Waals surface area contributed by atoms with Crippen LogP contribution in [0.5, 0.6) is 0 Å². The lowest BCUT2D eigenvalue weighted by Gasteiger charge is -2.41. The third kappa shape index (κ3) is 6.45. The van der Waals surface area contributed by atoms with Crippen LogP contribution >= 0.6 is 0 Å². The van der Waals surface area contributed by atoms with Crippen molar-refractivity contribution in [2.24, 2.45) is 0 Å². The van der Waals surface area contributed by atoms with Crippen molar-refractivity contribution >= 4 is 22.0 Å². The quantitative estimate of drug-likeness (QED) is 0.558. The molecule has 2 aromatic rings. The maximum atomic E-state index is 13.3. The normalized spacial score (nSPS) is 20.8. The highest BCUT2D eigenvalue weighted by Gasteiger charge is 2.39. The number of hydrogen-bond donors (Lipinski definition) is 2. The van der Waals surface area contributed by atoms with Gasteiger partial charge < -0.3 is 15.4 Å². The van der Waals surface area contributed by atoms with Crippen molar-refractivity contribution in [2.45, 2.75) is 62.9 Å². The van der Waals surface area contributed by atoms with Crippen LogP contribution in [-0.2, 0) is 32.7 Å². The fourth-order valence-electron chi connectivity index (χ4n) is 4.26. The van der Waals surface area contributed by atoms with E-state index in [2.05, 4.69) is 17.2 Å². The van der Waals surface area contributed by atoms with Gasteiger partial charge in [0.25, 0.3) is 0 Å². The van der Waals surface area contributed by atoms with Crippen LogP contribution < -0.4 is 10.6 Å². The Bertz CT molecular complexity index is 1090. The molecule has 2 N–H and O–H groups in total. The van der Waals surface area contributed by atoms with Crippen LogP contribution in [0.4, 0.5) is 4.79 Å². The maximum absolute atomic E-state index is 13.3. The number of amides is 2. The van der Waals surface area contributed by atoms with Crippen LogP contribution in [0.25, 0.3) is 0 Å². The second-order valence-electron chi connectivity index (χ2n) is 8.47. The summed E-state index contributed by atoms with van der Waals surface area (Å²) >= 11 is 0. The lowest BCUT2D eigenvalue weighted by molar-refractivity contribution is -0.117. The number of nitrogens with zero attached hydrogens (tertiary/aromatic N) is 1. The van der Waals surface area contributed by atoms with E-state index in [1.54, 1.807) is 24.3 Å². The van der Waals surface area contributed by atoms with Crippen LogP contribution in [0.2, 0.25) is 0 Å². The fraction of sp³-hybridized carbons (Fsp3) is 0.360. The maximum Gasteiger partial charge on any atom is 0.407 e. The van der Waals surface area contributed by atoms with Crippen molar-refractivity contribution in [3.05, 3.63) is 78.4 Å². The highest BCUT2D eigenvalue weighted by Crippen LogP contribution is 2.30. The first-order valence-electron chi connectivity index (χ1n) is 11.2. The first-order valence-corrected chi connectivity index (χ1v) is 12.6. The van der Waals surface area contributed by atoms with Crippen LogP contribution in [0.15, 0.2) is 72.1 Å². The molecule has 182 valence electrons. The molecule has 2 atom stereocenters. The lowest BCUT2D eigenvalue weighted by Crippen LogP contribution is -2.54. The zero-order valence-corrected chi connectivity index (χ0v) is 20.3. The molecule has 0 bridgehead atoms. The molecular weight excluding hydrogens is 454 g/mol. The zero-order valence-electron chi connectivity index (χ0n) is 19.4. The number of carbonyl (C=O) groups is 2. The number of hydrogen-bond acceptors (Lipinski definition) is 5. The topological polar surface area (TPSA) is 105 Å². The Labute approximate surface area is 201 Å². The Morgan fingerprint density at radius 2 is 1.65 bits per heavy atom. The highest BCUT2D eigenvalue weighted by atomic mass is 32.2. The first kappa shape index (κ1) is 25.5. The number of rotatable bonds is 8. The van der Waals surface area contributed by atoms with Crippen molar-refractivity contribution in [2.75, 3.05) is 0 Å². The van der Waals surface area contributed by atoms with Gasteiger partial charge in [0, 0.05) is 24.7 Å². The van der Waals surface area contributed by atoms with E-state index in [0.717, 1.165) is 11.1 Å². The summed E-state index contributed by atoms with van der Waals surface area (Å²) in [5, 5.41) is 5.53. The van der Waals surface area contributed by atoms with Crippen molar-refractivity contribution in [1.29, 1.82) is 0 Å². The van der Waals surface area contributed by atoms with E-state index >= 15 is 0 Å². The smallest absolute Gasteiger partial charge is 0.407 e. The molecule has 1 aliphatic rings. The number of ether oxygens (including phenoxy) is 1. The molecule has 34 heavy (non-hydrogen) atoms. The molecule has 8 nitrogen and oxygen atoms in total. The lowest BCUT2D eigenvalue weighted by atomic mass is 9.95. The number of sulfonamides is 1. The minimum Gasteiger partial charge on any atom is -0.445 e. The minimum absolute atomic E-state index is 0.1000. The zero-order chi connectivity index (χ0) is 24.7. The van der Waals surface area contributed by atoms with Gasteiger partial charge in [-0.15, -0.1) is 0 Å². The summed E-state index contributed by atoms with van der Waals surface area (Å²) in [6.45, 7) is 7.55. The minimum atomic E-state index is -3.72. The van der Waals surface area contributed by atoms with Crippen LogP contribution in [0, 0.1) is 0 Å². The van der Waals surface area contributed by atoms with Gasteiger partial charge in [0.2, 0.25) is 15.9 Å². The predicted octanol–water partition coefficient (Wildman–Crippen LogP) is 3.35. The van der Waals surface area contributed by atoms with E-state index in [0.29, 0.717) is 12.8 Å². The van der Waals surface area contributed by atoms with Crippen molar-refractivity contribution in [3.63, 3.8) is 0 Å². The Morgan fingerprint density at radius 3 is 2.24 bits per heavy atom. The molecule has 2 unspecified atom stereocenters. The van der Waals surface area contributed by atoms with Crippen LogP contribution in [0.3, 0.4) is 0 Å². The summed E-state index contributed by atoms with van der Waals surface area (Å²) in [5.74, 6) is -0.256. The van der Waals surface area contributed by atoms with Gasteiger partial charge in [0.1, 0.15) is 6.61 Å². The Hall–Kier alpha value is -3.17. The molecule has 2 amide bonds. The standard InChI is InChI=1S/C25H31N3O5S/c1-4-24(29)27-22-14-18(2)28(19(3)15-22)34(31,32)23-12-10-20(11-13-23)16-26-25(30)33-17-21-8-6-5-7-9-21/h4-13,18-19,22H,1,14-17H2,2-3H3,(H,26,30)(H,27,29). The van der Waals surface area contributed by atoms with E-state index in [1.165, 1.54) is 10.4 Å². The molecule has 0 aliphatic carbocycles. The summed E-state index contributed by atoms with van der Waals surface area (Å²) in [5.41, 5.74) is 1.64. The van der Waals surface area contributed by atoms with E-state index in [1.807, 2.05) is 44.2 Å². The average molecular weight is 486 g/mol. The van der Waals surface area contributed by atoms with Gasteiger partial charge in [-0.3, -0.25) is 4.79 Å². The van der Waals surface area contributed by atoms with Gasteiger partial charge >= 0.3 is 6.09 Å². The molecule has 0 saturated carbocycles. The number of alkyl carbamates (subject to hydrolysis) is 1. The summed E-state index contributed by atoms with van der Waals surface area (Å²) < 4.78 is 33.3. The molecule has 2 aromatic carbocycles. The molecule has 0 spiro atoms. The van der Waals surface area contributed by atoms with Gasteiger partial charge in [-0.25, -0.2) is 13.2 Å². The second-order valence-corrected chi connectivity index (χ2v) is 10.3. The summed E-state index contributed by atoms with van der Waals surface area (Å²) in [7, 11) is -3.72. The van der Waals surface area contributed by atoms with E-state index in [9.17, 15) is 18.0 Å². The summed E-state index contributed by atoms with van der Waals surface area (Å²) in [6, 6.07) is 15.2. The second kappa shape index (κ2) is 11.3. The number of piperidine rings is 1. The van der Waals surface area contributed by atoms with Crippen molar-refractivity contribution < 1.29 is 22.7 Å². The van der Waals surface area contributed by atoms with Gasteiger partial charge in [-0.1, -0.05) is 49.0 Å². The molecule has 1 aliphatic heterocycles. The predicted molar refractivity (Wildman–Crippen MR) is 129 cm³/mol. The third-order valence-electron chi connectivity index (χ3n) is 5.80. The number of benzene rings is 2.